The molecule has 0 bridgehead atoms. The van der Waals surface area contributed by atoms with Gasteiger partial charge in [-0.15, -0.1) is 0 Å². The van der Waals surface area contributed by atoms with Gasteiger partial charge in [-0.05, 0) is 80.6 Å². The third kappa shape index (κ3) is 7.44. The van der Waals surface area contributed by atoms with Crippen molar-refractivity contribution in [1.29, 1.82) is 0 Å². The van der Waals surface area contributed by atoms with Gasteiger partial charge in [0.2, 0.25) is 11.8 Å². The van der Waals surface area contributed by atoms with Gasteiger partial charge in [0.05, 0.1) is 7.11 Å². The van der Waals surface area contributed by atoms with E-state index in [2.05, 4.69) is 32.8 Å². The number of aromatic nitrogens is 2. The van der Waals surface area contributed by atoms with Crippen LogP contribution >= 0.6 is 0 Å². The first kappa shape index (κ1) is 30.7. The molecule has 1 aromatic heterocycles. The van der Waals surface area contributed by atoms with Crippen LogP contribution in [0.3, 0.4) is 0 Å². The van der Waals surface area contributed by atoms with Gasteiger partial charge in [-0.2, -0.15) is 4.98 Å². The highest BCUT2D eigenvalue weighted by molar-refractivity contribution is 6.06. The normalized spacial score (nSPS) is 14.2. The molecule has 0 saturated carbocycles. The van der Waals surface area contributed by atoms with Crippen LogP contribution in [0.4, 0.5) is 21.7 Å². The van der Waals surface area contributed by atoms with Gasteiger partial charge in [-0.1, -0.05) is 37.6 Å². The van der Waals surface area contributed by atoms with E-state index in [9.17, 15) is 9.18 Å². The molecule has 0 aliphatic carbocycles. The van der Waals surface area contributed by atoms with Crippen molar-refractivity contribution in [2.45, 2.75) is 52.5 Å². The summed E-state index contributed by atoms with van der Waals surface area (Å²) >= 11 is 0. The van der Waals surface area contributed by atoms with Crippen LogP contribution in [0.2, 0.25) is 0 Å². The van der Waals surface area contributed by atoms with E-state index < -0.39 is 11.7 Å². The smallest absolute Gasteiger partial charge is 0.262 e. The molecule has 1 aliphatic heterocycles. The number of para-hydroxylation sites is 1. The van der Waals surface area contributed by atoms with Crippen LogP contribution in [0.15, 0.2) is 60.8 Å². The number of hydrogen-bond acceptors (Lipinski definition) is 8. The summed E-state index contributed by atoms with van der Waals surface area (Å²) in [6.07, 6.45) is 5.36. The maximum atomic E-state index is 14.9. The lowest BCUT2D eigenvalue weighted by molar-refractivity contribution is 0.102. The highest BCUT2D eigenvalue weighted by Gasteiger charge is 2.21. The van der Waals surface area contributed by atoms with Gasteiger partial charge < -0.3 is 30.2 Å². The number of nitrogens with zero attached hydrogens (tertiary/aromatic N) is 2. The number of benzene rings is 3. The Balaban J connectivity index is 1.42. The second-order valence-corrected chi connectivity index (χ2v) is 10.8. The lowest BCUT2D eigenvalue weighted by atomic mass is 10.1. The second kappa shape index (κ2) is 14.2. The van der Waals surface area contributed by atoms with E-state index >= 15 is 0 Å². The molecular formula is C34H38FN5O4. The van der Waals surface area contributed by atoms with Gasteiger partial charge in [-0.3, -0.25) is 4.79 Å². The number of nitrogens with one attached hydrogen (secondary N) is 3. The van der Waals surface area contributed by atoms with Crippen LogP contribution < -0.4 is 30.2 Å². The molecule has 10 heteroatoms. The highest BCUT2D eigenvalue weighted by atomic mass is 19.1. The van der Waals surface area contributed by atoms with Gasteiger partial charge >= 0.3 is 0 Å². The fraction of sp³-hybridized carbons (Fsp3) is 0.324. The number of amides is 1. The zero-order valence-electron chi connectivity index (χ0n) is 25.5. The van der Waals surface area contributed by atoms with Crippen molar-refractivity contribution in [3.05, 3.63) is 88.9 Å². The maximum absolute atomic E-state index is 14.9. The summed E-state index contributed by atoms with van der Waals surface area (Å²) in [7, 11) is 1.56. The molecule has 44 heavy (non-hydrogen) atoms. The molecule has 0 unspecified atom stereocenters. The molecule has 4 aromatic rings. The number of ether oxygens (including phenoxy) is 3. The molecule has 3 N–H and O–H groups in total. The van der Waals surface area contributed by atoms with Crippen molar-refractivity contribution in [3.8, 4) is 23.1 Å². The molecule has 9 nitrogen and oxygen atoms in total. The molecule has 2 heterocycles. The van der Waals surface area contributed by atoms with Crippen LogP contribution in [0.1, 0.15) is 53.2 Å². The molecule has 230 valence electrons. The number of carbonyl (C=O) groups excluding carboxylic acids is 1. The minimum atomic E-state index is -0.508. The summed E-state index contributed by atoms with van der Waals surface area (Å²) in [4.78, 5) is 22.4. The zero-order chi connectivity index (χ0) is 31.1. The van der Waals surface area contributed by atoms with Crippen molar-refractivity contribution in [2.75, 3.05) is 30.9 Å². The van der Waals surface area contributed by atoms with Crippen LogP contribution in [-0.4, -0.2) is 42.2 Å². The lowest BCUT2D eigenvalue weighted by Gasteiger charge is -2.16. The van der Waals surface area contributed by atoms with Crippen molar-refractivity contribution in [2.24, 2.45) is 0 Å². The Morgan fingerprint density at radius 2 is 1.86 bits per heavy atom. The minimum absolute atomic E-state index is 0.0114. The number of rotatable bonds is 12. The highest BCUT2D eigenvalue weighted by Crippen LogP contribution is 2.34. The SMILES string of the molecule is CCCc1ccc(Oc2nc(Nc3ccc(OC[C@@H]4CCCN4)c(F)c3)ncc2C(=O)Nc2c(C)cccc2C)c(OC)c1. The summed E-state index contributed by atoms with van der Waals surface area (Å²) in [6, 6.07) is 16.2. The maximum Gasteiger partial charge on any atom is 0.262 e. The van der Waals surface area contributed by atoms with Crippen LogP contribution in [0.25, 0.3) is 0 Å². The first-order valence-corrected chi connectivity index (χ1v) is 14.9. The van der Waals surface area contributed by atoms with Crippen molar-refractivity contribution < 1.29 is 23.4 Å². The number of halogens is 1. The van der Waals surface area contributed by atoms with Gasteiger partial charge in [0.1, 0.15) is 12.2 Å². The quantitative estimate of drug-likeness (QED) is 0.158. The first-order valence-electron chi connectivity index (χ1n) is 14.9. The van der Waals surface area contributed by atoms with Gasteiger partial charge in [0.25, 0.3) is 5.91 Å². The van der Waals surface area contributed by atoms with E-state index in [0.29, 0.717) is 29.5 Å². The Labute approximate surface area is 257 Å². The van der Waals surface area contributed by atoms with Crippen LogP contribution in [0, 0.1) is 19.7 Å². The zero-order valence-corrected chi connectivity index (χ0v) is 25.5. The molecule has 5 rings (SSSR count). The largest absolute Gasteiger partial charge is 0.493 e. The van der Waals surface area contributed by atoms with E-state index in [0.717, 1.165) is 48.9 Å². The van der Waals surface area contributed by atoms with E-state index in [-0.39, 0.29) is 29.2 Å². The summed E-state index contributed by atoms with van der Waals surface area (Å²) in [5, 5.41) is 9.32. The third-order valence-electron chi connectivity index (χ3n) is 7.48. The average Bonchev–Trinajstić information content (AvgIpc) is 3.53. The van der Waals surface area contributed by atoms with Crippen LogP contribution in [-0.2, 0) is 6.42 Å². The average molecular weight is 600 g/mol. The summed E-state index contributed by atoms with van der Waals surface area (Å²) in [5.74, 6) is 0.260. The number of anilines is 3. The van der Waals surface area contributed by atoms with Crippen molar-refractivity contribution >= 4 is 23.2 Å². The van der Waals surface area contributed by atoms with E-state index in [1.54, 1.807) is 25.3 Å². The Morgan fingerprint density at radius 3 is 2.57 bits per heavy atom. The first-order chi connectivity index (χ1) is 21.3. The Morgan fingerprint density at radius 1 is 1.07 bits per heavy atom. The van der Waals surface area contributed by atoms with Gasteiger partial charge in [0.15, 0.2) is 23.1 Å². The molecule has 1 fully saturated rings. The van der Waals surface area contributed by atoms with Crippen molar-refractivity contribution in [3.63, 3.8) is 0 Å². The lowest BCUT2D eigenvalue weighted by Crippen LogP contribution is -2.28. The van der Waals surface area contributed by atoms with Crippen LogP contribution in [0.5, 0.6) is 23.1 Å². The fourth-order valence-electron chi connectivity index (χ4n) is 5.11. The predicted molar refractivity (Wildman–Crippen MR) is 169 cm³/mol. The molecule has 1 aliphatic rings. The fourth-order valence-corrected chi connectivity index (χ4v) is 5.11. The summed E-state index contributed by atoms with van der Waals surface area (Å²) < 4.78 is 32.4. The number of carbonyl (C=O) groups is 1. The van der Waals surface area contributed by atoms with E-state index in [4.69, 9.17) is 14.2 Å². The van der Waals surface area contributed by atoms with E-state index in [1.165, 1.54) is 12.3 Å². The molecule has 0 radical (unpaired) electrons. The monoisotopic (exact) mass is 599 g/mol. The molecule has 1 saturated heterocycles. The van der Waals surface area contributed by atoms with Crippen molar-refractivity contribution in [1.82, 2.24) is 15.3 Å². The second-order valence-electron chi connectivity index (χ2n) is 10.8. The Bertz CT molecular complexity index is 1600. The Hall–Kier alpha value is -4.70. The van der Waals surface area contributed by atoms with E-state index in [1.807, 2.05) is 44.2 Å². The van der Waals surface area contributed by atoms with Gasteiger partial charge in [0, 0.05) is 29.7 Å². The third-order valence-corrected chi connectivity index (χ3v) is 7.48. The predicted octanol–water partition coefficient (Wildman–Crippen LogP) is 7.11. The minimum Gasteiger partial charge on any atom is -0.493 e. The number of hydrogen-bond donors (Lipinski definition) is 3. The molecule has 1 amide bonds. The van der Waals surface area contributed by atoms with Gasteiger partial charge in [-0.25, -0.2) is 9.37 Å². The summed E-state index contributed by atoms with van der Waals surface area (Å²) in [6.45, 7) is 7.31. The number of methoxy groups -OCH3 is 1. The standard InChI is InChI=1S/C34H38FN5O4/c1-5-8-23-12-14-29(30(17-23)42-4)44-33-26(32(41)39-31-21(2)9-6-10-22(31)3)19-37-34(40-33)38-24-13-15-28(27(35)18-24)43-20-25-11-7-16-36-25/h6,9-10,12-15,17-19,25,36H,5,7-8,11,16,20H2,1-4H3,(H,39,41)(H,37,38,40)/t25-/m0/s1. The topological polar surface area (TPSA) is 107 Å². The molecule has 1 atom stereocenters. The molecule has 0 spiro atoms. The molecule has 3 aromatic carbocycles. The Kier molecular flexibility index (Phi) is 9.91. The summed E-state index contributed by atoms with van der Waals surface area (Å²) in [5.41, 5.74) is 4.17. The number of aryl methyl sites for hydroxylation is 3. The molecular weight excluding hydrogens is 561 g/mol.